The molecular weight excluding hydrogens is 393 g/mol. The largest absolute Gasteiger partial charge is 0.434 e. The predicted octanol–water partition coefficient (Wildman–Crippen LogP) is 4.02. The van der Waals surface area contributed by atoms with Gasteiger partial charge in [-0.15, -0.1) is 0 Å². The fraction of sp³-hybridized carbons (Fsp3) is 0.250. The Labute approximate surface area is 164 Å². The van der Waals surface area contributed by atoms with E-state index in [9.17, 15) is 22.0 Å². The second kappa shape index (κ2) is 10.3. The fourth-order valence-electron chi connectivity index (χ4n) is 2.31. The van der Waals surface area contributed by atoms with Gasteiger partial charge in [0.25, 0.3) is 0 Å². The number of guanidine groups is 1. The molecule has 0 amide bonds. The molecule has 0 saturated carbocycles. The fourth-order valence-corrected chi connectivity index (χ4v) is 2.31. The number of hydrogen-bond donors (Lipinski definition) is 2. The molecule has 0 unspecified atom stereocenters. The van der Waals surface area contributed by atoms with Crippen LogP contribution in [0.2, 0.25) is 0 Å². The summed E-state index contributed by atoms with van der Waals surface area (Å²) in [4.78, 5) is 3.97. The zero-order valence-corrected chi connectivity index (χ0v) is 15.4. The number of halogens is 5. The second-order valence-electron chi connectivity index (χ2n) is 5.65. The van der Waals surface area contributed by atoms with Crippen LogP contribution < -0.4 is 15.4 Å². The lowest BCUT2D eigenvalue weighted by molar-refractivity contribution is -0.137. The minimum Gasteiger partial charge on any atom is -0.434 e. The van der Waals surface area contributed by atoms with Gasteiger partial charge in [-0.3, -0.25) is 4.99 Å². The van der Waals surface area contributed by atoms with Gasteiger partial charge in [-0.05, 0) is 24.3 Å². The molecule has 0 atom stereocenters. The van der Waals surface area contributed by atoms with Crippen LogP contribution in [-0.4, -0.2) is 26.2 Å². The second-order valence-corrected chi connectivity index (χ2v) is 5.65. The van der Waals surface area contributed by atoms with Crippen molar-refractivity contribution >= 4 is 5.96 Å². The molecule has 29 heavy (non-hydrogen) atoms. The first kappa shape index (κ1) is 22.0. The maximum absolute atomic E-state index is 12.7. The van der Waals surface area contributed by atoms with Crippen LogP contribution in [0.5, 0.6) is 5.75 Å². The average molecular weight is 411 g/mol. The van der Waals surface area contributed by atoms with Crippen LogP contribution in [0.3, 0.4) is 0 Å². The first-order chi connectivity index (χ1) is 13.8. The number of nitrogens with one attached hydrogen (secondary N) is 2. The van der Waals surface area contributed by atoms with E-state index in [4.69, 9.17) is 0 Å². The zero-order chi connectivity index (χ0) is 21.3. The first-order valence-corrected chi connectivity index (χ1v) is 8.43. The molecule has 4 nitrogen and oxygen atoms in total. The lowest BCUT2D eigenvalue weighted by Gasteiger charge is -2.13. The number of ether oxygens (including phenoxy) is 1. The van der Waals surface area contributed by atoms with Gasteiger partial charge in [0, 0.05) is 24.7 Å². The quantitative estimate of drug-likeness (QED) is 0.338. The van der Waals surface area contributed by atoms with Gasteiger partial charge in [0.15, 0.2) is 5.96 Å². The Bertz CT molecular complexity index is 901. The molecule has 9 heteroatoms. The van der Waals surface area contributed by atoms with E-state index in [1.54, 1.807) is 18.2 Å². The van der Waals surface area contributed by atoms with Crippen molar-refractivity contribution in [3.8, 4) is 17.6 Å². The molecule has 2 aromatic carbocycles. The Balaban J connectivity index is 1.91. The van der Waals surface area contributed by atoms with Crippen LogP contribution in [0.4, 0.5) is 22.0 Å². The van der Waals surface area contributed by atoms with Gasteiger partial charge >= 0.3 is 12.8 Å². The van der Waals surface area contributed by atoms with Gasteiger partial charge in [-0.1, -0.05) is 36.1 Å². The molecule has 0 bridgehead atoms. The summed E-state index contributed by atoms with van der Waals surface area (Å²) in [5.41, 5.74) is -0.0205. The summed E-state index contributed by atoms with van der Waals surface area (Å²) in [5.74, 6) is 5.74. The third-order valence-electron chi connectivity index (χ3n) is 3.63. The number of aliphatic imine (C=N–C) groups is 1. The van der Waals surface area contributed by atoms with Crippen LogP contribution in [0, 0.1) is 11.8 Å². The van der Waals surface area contributed by atoms with E-state index in [1.165, 1.54) is 25.2 Å². The van der Waals surface area contributed by atoms with Crippen molar-refractivity contribution < 1.29 is 26.7 Å². The van der Waals surface area contributed by atoms with E-state index in [-0.39, 0.29) is 24.4 Å². The summed E-state index contributed by atoms with van der Waals surface area (Å²) in [6.45, 7) is -2.64. The van der Waals surface area contributed by atoms with Crippen molar-refractivity contribution in [2.24, 2.45) is 4.99 Å². The van der Waals surface area contributed by atoms with E-state index in [2.05, 4.69) is 32.2 Å². The summed E-state index contributed by atoms with van der Waals surface area (Å²) in [5, 5.41) is 5.79. The van der Waals surface area contributed by atoms with Crippen molar-refractivity contribution in [3.05, 3.63) is 65.2 Å². The van der Waals surface area contributed by atoms with Gasteiger partial charge in [-0.25, -0.2) is 0 Å². The van der Waals surface area contributed by atoms with Crippen LogP contribution in [0.25, 0.3) is 0 Å². The highest BCUT2D eigenvalue weighted by Crippen LogP contribution is 2.29. The third-order valence-corrected chi connectivity index (χ3v) is 3.63. The van der Waals surface area contributed by atoms with Crippen molar-refractivity contribution in [2.45, 2.75) is 19.3 Å². The molecule has 0 aliphatic carbocycles. The zero-order valence-electron chi connectivity index (χ0n) is 15.4. The molecule has 0 aliphatic heterocycles. The lowest BCUT2D eigenvalue weighted by atomic mass is 10.1. The first-order valence-electron chi connectivity index (χ1n) is 8.43. The molecule has 2 aromatic rings. The number of nitrogens with zero attached hydrogens (tertiary/aromatic N) is 1. The summed E-state index contributed by atoms with van der Waals surface area (Å²) < 4.78 is 67.4. The smallest absolute Gasteiger partial charge is 0.416 e. The molecule has 0 spiro atoms. The van der Waals surface area contributed by atoms with Gasteiger partial charge in [0.05, 0.1) is 12.1 Å². The molecule has 0 radical (unpaired) electrons. The molecule has 0 aromatic heterocycles. The highest BCUT2D eigenvalue weighted by molar-refractivity contribution is 5.79. The minimum absolute atomic E-state index is 0.0507. The lowest BCUT2D eigenvalue weighted by Crippen LogP contribution is -2.37. The van der Waals surface area contributed by atoms with Crippen molar-refractivity contribution in [1.29, 1.82) is 0 Å². The van der Waals surface area contributed by atoms with Crippen LogP contribution in [0.15, 0.2) is 53.5 Å². The summed E-state index contributed by atoms with van der Waals surface area (Å²) in [7, 11) is 1.51. The average Bonchev–Trinajstić information content (AvgIpc) is 2.67. The van der Waals surface area contributed by atoms with Crippen molar-refractivity contribution in [3.63, 3.8) is 0 Å². The highest BCUT2D eigenvalue weighted by Gasteiger charge is 2.30. The summed E-state index contributed by atoms with van der Waals surface area (Å²) in [6, 6.07) is 11.1. The normalized spacial score (nSPS) is 11.6. The maximum atomic E-state index is 12.7. The minimum atomic E-state index is -4.42. The topological polar surface area (TPSA) is 45.7 Å². The van der Waals surface area contributed by atoms with E-state index in [1.807, 2.05) is 0 Å². The van der Waals surface area contributed by atoms with Crippen molar-refractivity contribution in [2.75, 3.05) is 13.6 Å². The van der Waals surface area contributed by atoms with Gasteiger partial charge < -0.3 is 15.4 Å². The van der Waals surface area contributed by atoms with Gasteiger partial charge in [-0.2, -0.15) is 22.0 Å². The van der Waals surface area contributed by atoms with E-state index < -0.39 is 18.4 Å². The molecule has 2 rings (SSSR count). The summed E-state index contributed by atoms with van der Waals surface area (Å²) >= 11 is 0. The molecule has 0 aliphatic rings. The number of rotatable bonds is 5. The molecule has 154 valence electrons. The Morgan fingerprint density at radius 2 is 1.86 bits per heavy atom. The SMILES string of the molecule is CN=C(NCC#Cc1cccc(C(F)(F)F)c1)NCc1ccccc1OC(F)F. The number of para-hydroxylation sites is 1. The highest BCUT2D eigenvalue weighted by atomic mass is 19.4. The van der Waals surface area contributed by atoms with Crippen LogP contribution in [0.1, 0.15) is 16.7 Å². The summed E-state index contributed by atoms with van der Waals surface area (Å²) in [6.07, 6.45) is -4.42. The van der Waals surface area contributed by atoms with E-state index >= 15 is 0 Å². The Morgan fingerprint density at radius 3 is 2.55 bits per heavy atom. The van der Waals surface area contributed by atoms with E-state index in [0.29, 0.717) is 11.5 Å². The van der Waals surface area contributed by atoms with Crippen LogP contribution >= 0.6 is 0 Å². The monoisotopic (exact) mass is 411 g/mol. The molecular formula is C20H18F5N3O. The van der Waals surface area contributed by atoms with Crippen LogP contribution in [-0.2, 0) is 12.7 Å². The standard InChI is InChI=1S/C20H18F5N3O/c1-26-19(28-13-15-8-2-3-10-17(15)29-18(21)22)27-11-5-7-14-6-4-9-16(12-14)20(23,24)25/h2-4,6,8-10,12,18H,11,13H2,1H3,(H2,26,27,28). The van der Waals surface area contributed by atoms with Gasteiger partial charge in [0.1, 0.15) is 5.75 Å². The number of benzene rings is 2. The number of alkyl halides is 5. The maximum Gasteiger partial charge on any atom is 0.416 e. The molecule has 0 fully saturated rings. The van der Waals surface area contributed by atoms with E-state index in [0.717, 1.165) is 12.1 Å². The van der Waals surface area contributed by atoms with Crippen molar-refractivity contribution in [1.82, 2.24) is 10.6 Å². The Morgan fingerprint density at radius 1 is 1.10 bits per heavy atom. The van der Waals surface area contributed by atoms with Gasteiger partial charge in [0.2, 0.25) is 0 Å². The predicted molar refractivity (Wildman–Crippen MR) is 99.6 cm³/mol. The molecule has 0 saturated heterocycles. The molecule has 2 N–H and O–H groups in total. The Hall–Kier alpha value is -3.28. The number of hydrogen-bond acceptors (Lipinski definition) is 2. The molecule has 0 heterocycles. The Kier molecular flexibility index (Phi) is 7.83. The third kappa shape index (κ3) is 7.33.